The van der Waals surface area contributed by atoms with Crippen molar-refractivity contribution in [2.75, 3.05) is 5.32 Å². The first-order chi connectivity index (χ1) is 13.0. The van der Waals surface area contributed by atoms with E-state index in [1.165, 1.54) is 12.1 Å². The zero-order chi connectivity index (χ0) is 19.4. The number of benzene rings is 2. The molecule has 0 atom stereocenters. The number of nitriles is 1. The van der Waals surface area contributed by atoms with Crippen molar-refractivity contribution >= 4 is 11.4 Å². The molecule has 0 radical (unpaired) electrons. The van der Waals surface area contributed by atoms with Crippen LogP contribution in [0.25, 0.3) is 5.69 Å². The second-order valence-corrected chi connectivity index (χ2v) is 6.43. The lowest BCUT2D eigenvalue weighted by atomic mass is 10.1. The van der Waals surface area contributed by atoms with Crippen LogP contribution in [0.2, 0.25) is 0 Å². The number of para-hydroxylation sites is 1. The molecule has 0 aliphatic heterocycles. The van der Waals surface area contributed by atoms with Crippen molar-refractivity contribution in [1.82, 2.24) is 9.78 Å². The highest BCUT2D eigenvalue weighted by molar-refractivity contribution is 5.61. The number of anilines is 1. The molecule has 0 fully saturated rings. The van der Waals surface area contributed by atoms with Gasteiger partial charge < -0.3 is 5.32 Å². The van der Waals surface area contributed by atoms with Crippen LogP contribution in [-0.4, -0.2) is 14.7 Å². The van der Waals surface area contributed by atoms with Crippen LogP contribution in [0.3, 0.4) is 0 Å². The lowest BCUT2D eigenvalue weighted by Gasteiger charge is -2.09. The molecule has 3 aromatic rings. The molecular formula is C20H19N5O2. The second-order valence-electron chi connectivity index (χ2n) is 6.43. The first-order valence-electron chi connectivity index (χ1n) is 8.56. The number of hydrogen-bond acceptors (Lipinski definition) is 5. The molecule has 1 heterocycles. The van der Waals surface area contributed by atoms with Gasteiger partial charge in [0.05, 0.1) is 27.6 Å². The Morgan fingerprint density at radius 3 is 2.63 bits per heavy atom. The van der Waals surface area contributed by atoms with E-state index in [2.05, 4.69) is 19.2 Å². The summed E-state index contributed by atoms with van der Waals surface area (Å²) in [7, 11) is 0. The van der Waals surface area contributed by atoms with Gasteiger partial charge in [-0.15, -0.1) is 0 Å². The fraction of sp³-hybridized carbons (Fsp3) is 0.200. The van der Waals surface area contributed by atoms with Crippen LogP contribution < -0.4 is 5.32 Å². The molecule has 0 bridgehead atoms. The largest absolute Gasteiger partial charge is 0.380 e. The van der Waals surface area contributed by atoms with Crippen molar-refractivity contribution in [3.05, 3.63) is 81.7 Å². The van der Waals surface area contributed by atoms with E-state index in [1.54, 1.807) is 6.07 Å². The first kappa shape index (κ1) is 18.1. The van der Waals surface area contributed by atoms with Crippen LogP contribution >= 0.6 is 0 Å². The monoisotopic (exact) mass is 361 g/mol. The average Bonchev–Trinajstić information content (AvgIpc) is 3.11. The Morgan fingerprint density at radius 1 is 1.26 bits per heavy atom. The summed E-state index contributed by atoms with van der Waals surface area (Å²) >= 11 is 0. The molecule has 27 heavy (non-hydrogen) atoms. The number of nitrogens with zero attached hydrogens (tertiary/aromatic N) is 4. The second kappa shape index (κ2) is 7.70. The summed E-state index contributed by atoms with van der Waals surface area (Å²) in [6, 6.07) is 16.1. The van der Waals surface area contributed by atoms with Crippen molar-refractivity contribution in [3.63, 3.8) is 0 Å². The van der Waals surface area contributed by atoms with Gasteiger partial charge in [0.15, 0.2) is 0 Å². The number of hydrogen-bond donors (Lipinski definition) is 1. The van der Waals surface area contributed by atoms with Gasteiger partial charge in [-0.05, 0) is 24.1 Å². The fourth-order valence-corrected chi connectivity index (χ4v) is 2.84. The molecular weight excluding hydrogens is 342 g/mol. The van der Waals surface area contributed by atoms with E-state index in [4.69, 9.17) is 5.10 Å². The molecule has 1 N–H and O–H groups in total. The molecule has 3 rings (SSSR count). The molecule has 7 heteroatoms. The maximum Gasteiger partial charge on any atom is 0.270 e. The Hall–Kier alpha value is -3.66. The third kappa shape index (κ3) is 3.96. The molecule has 0 spiro atoms. The van der Waals surface area contributed by atoms with Crippen LogP contribution in [0.5, 0.6) is 0 Å². The van der Waals surface area contributed by atoms with E-state index in [9.17, 15) is 15.4 Å². The van der Waals surface area contributed by atoms with Gasteiger partial charge in [0.2, 0.25) is 0 Å². The lowest BCUT2D eigenvalue weighted by Crippen LogP contribution is -2.04. The van der Waals surface area contributed by atoms with E-state index in [-0.39, 0.29) is 17.2 Å². The van der Waals surface area contributed by atoms with E-state index < -0.39 is 4.92 Å². The van der Waals surface area contributed by atoms with Crippen molar-refractivity contribution in [2.24, 2.45) is 0 Å². The Labute approximate surface area is 157 Å². The van der Waals surface area contributed by atoms with Crippen molar-refractivity contribution < 1.29 is 4.92 Å². The summed E-state index contributed by atoms with van der Waals surface area (Å²) in [4.78, 5) is 10.4. The summed E-state index contributed by atoms with van der Waals surface area (Å²) in [5.74, 6) is 0.235. The van der Waals surface area contributed by atoms with Gasteiger partial charge in [0.1, 0.15) is 6.07 Å². The number of non-ortho nitro benzene ring substituents is 1. The van der Waals surface area contributed by atoms with Crippen LogP contribution in [0.1, 0.15) is 36.6 Å². The van der Waals surface area contributed by atoms with Crippen LogP contribution in [-0.2, 0) is 6.54 Å². The van der Waals surface area contributed by atoms with Gasteiger partial charge in [-0.25, -0.2) is 4.68 Å². The topological polar surface area (TPSA) is 96.8 Å². The number of aromatic nitrogens is 2. The molecule has 2 aromatic carbocycles. The molecule has 7 nitrogen and oxygen atoms in total. The molecule has 136 valence electrons. The number of nitro benzene ring substituents is 1. The molecule has 0 saturated heterocycles. The summed E-state index contributed by atoms with van der Waals surface area (Å²) in [6.45, 7) is 4.62. The van der Waals surface area contributed by atoms with Gasteiger partial charge in [-0.3, -0.25) is 10.1 Å². The minimum atomic E-state index is -0.509. The van der Waals surface area contributed by atoms with Crippen LogP contribution in [0.15, 0.2) is 54.7 Å². The van der Waals surface area contributed by atoms with E-state index in [0.717, 1.165) is 16.9 Å². The molecule has 0 saturated carbocycles. The minimum Gasteiger partial charge on any atom is -0.380 e. The lowest BCUT2D eigenvalue weighted by molar-refractivity contribution is -0.384. The zero-order valence-corrected chi connectivity index (χ0v) is 15.1. The summed E-state index contributed by atoms with van der Waals surface area (Å²) < 4.78 is 1.84. The standard InChI is InChI=1S/C20H19N5O2/c1-14(2)20-16(13-24(23-20)17-6-4-3-5-7-17)12-22-19-9-8-18(25(26)27)10-15(19)11-21/h3-10,13-14,22H,12H2,1-2H3. The van der Waals surface area contributed by atoms with Crippen LogP contribution in [0.4, 0.5) is 11.4 Å². The maximum atomic E-state index is 10.9. The Morgan fingerprint density at radius 2 is 2.00 bits per heavy atom. The first-order valence-corrected chi connectivity index (χ1v) is 8.56. The highest BCUT2D eigenvalue weighted by Gasteiger charge is 2.15. The third-order valence-corrected chi connectivity index (χ3v) is 4.19. The Kier molecular flexibility index (Phi) is 5.18. The smallest absolute Gasteiger partial charge is 0.270 e. The van der Waals surface area contributed by atoms with Crippen LogP contribution in [0, 0.1) is 21.4 Å². The normalized spacial score (nSPS) is 10.6. The zero-order valence-electron chi connectivity index (χ0n) is 15.1. The minimum absolute atomic E-state index is 0.100. The maximum absolute atomic E-state index is 10.9. The van der Waals surface area contributed by atoms with Gasteiger partial charge in [-0.1, -0.05) is 32.0 Å². The average molecular weight is 361 g/mol. The molecule has 0 aliphatic carbocycles. The number of nitrogens with one attached hydrogen (secondary N) is 1. The van der Waals surface area contributed by atoms with E-state index >= 15 is 0 Å². The predicted molar refractivity (Wildman–Crippen MR) is 103 cm³/mol. The summed E-state index contributed by atoms with van der Waals surface area (Å²) in [6.07, 6.45) is 1.97. The molecule has 1 aromatic heterocycles. The molecule has 0 aliphatic rings. The highest BCUT2D eigenvalue weighted by Crippen LogP contribution is 2.24. The van der Waals surface area contributed by atoms with E-state index in [0.29, 0.717) is 12.2 Å². The van der Waals surface area contributed by atoms with Crippen molar-refractivity contribution in [3.8, 4) is 11.8 Å². The van der Waals surface area contributed by atoms with Gasteiger partial charge in [-0.2, -0.15) is 10.4 Å². The Bertz CT molecular complexity index is 1000. The van der Waals surface area contributed by atoms with Crippen molar-refractivity contribution in [2.45, 2.75) is 26.3 Å². The van der Waals surface area contributed by atoms with Gasteiger partial charge in [0, 0.05) is 30.4 Å². The summed E-state index contributed by atoms with van der Waals surface area (Å²) in [5, 5.41) is 28.1. The number of nitro groups is 1. The summed E-state index contributed by atoms with van der Waals surface area (Å²) in [5.41, 5.74) is 3.65. The fourth-order valence-electron chi connectivity index (χ4n) is 2.84. The number of rotatable bonds is 6. The predicted octanol–water partition coefficient (Wildman–Crippen LogP) is 4.39. The van der Waals surface area contributed by atoms with Gasteiger partial charge >= 0.3 is 0 Å². The van der Waals surface area contributed by atoms with Crippen molar-refractivity contribution in [1.29, 1.82) is 5.26 Å². The third-order valence-electron chi connectivity index (χ3n) is 4.19. The quantitative estimate of drug-likeness (QED) is 0.519. The van der Waals surface area contributed by atoms with E-state index in [1.807, 2.05) is 47.3 Å². The molecule has 0 amide bonds. The highest BCUT2D eigenvalue weighted by atomic mass is 16.6. The van der Waals surface area contributed by atoms with Gasteiger partial charge in [0.25, 0.3) is 5.69 Å². The Balaban J connectivity index is 1.87. The SMILES string of the molecule is CC(C)c1nn(-c2ccccc2)cc1CNc1ccc([N+](=O)[O-])cc1C#N. The molecule has 0 unspecified atom stereocenters.